The molecule has 0 fully saturated rings. The van der Waals surface area contributed by atoms with Crippen LogP contribution in [0.15, 0.2) is 0 Å². The van der Waals surface area contributed by atoms with Gasteiger partial charge >= 0.3 is 12.0 Å². The standard InChI is InChI=1S/C11H22N2O3S/c1-7(17-5)6-12-10(16)13-8(9(14)15)11(2,3)4/h7-8H,6H2,1-5H3,(H,14,15)(H2,12,13,16). The van der Waals surface area contributed by atoms with Crippen LogP contribution in [0.5, 0.6) is 0 Å². The topological polar surface area (TPSA) is 78.4 Å². The summed E-state index contributed by atoms with van der Waals surface area (Å²) in [5.41, 5.74) is -0.520. The van der Waals surface area contributed by atoms with Crippen molar-refractivity contribution in [1.82, 2.24) is 10.6 Å². The molecule has 0 aliphatic rings. The molecular formula is C11H22N2O3S. The number of urea groups is 1. The molecule has 0 saturated carbocycles. The van der Waals surface area contributed by atoms with E-state index in [1.165, 1.54) is 0 Å². The summed E-state index contributed by atoms with van der Waals surface area (Å²) in [6.07, 6.45) is 1.96. The minimum atomic E-state index is -1.02. The van der Waals surface area contributed by atoms with E-state index in [0.717, 1.165) is 0 Å². The third-order valence-corrected chi connectivity index (χ3v) is 3.31. The van der Waals surface area contributed by atoms with Crippen LogP contribution in [-0.4, -0.2) is 41.2 Å². The van der Waals surface area contributed by atoms with E-state index in [4.69, 9.17) is 5.11 Å². The van der Waals surface area contributed by atoms with Crippen LogP contribution in [0, 0.1) is 5.41 Å². The zero-order valence-corrected chi connectivity index (χ0v) is 11.9. The molecular weight excluding hydrogens is 240 g/mol. The van der Waals surface area contributed by atoms with Gasteiger partial charge in [0.1, 0.15) is 6.04 Å². The van der Waals surface area contributed by atoms with Gasteiger partial charge in [-0.25, -0.2) is 9.59 Å². The molecule has 0 aliphatic heterocycles. The Bertz CT molecular complexity index is 276. The molecule has 0 radical (unpaired) electrons. The zero-order chi connectivity index (χ0) is 13.6. The molecule has 5 nitrogen and oxygen atoms in total. The Morgan fingerprint density at radius 3 is 2.24 bits per heavy atom. The molecule has 2 amide bonds. The number of carboxylic acids is 1. The molecule has 0 saturated heterocycles. The summed E-state index contributed by atoms with van der Waals surface area (Å²) in [5, 5.41) is 14.5. The fourth-order valence-corrected chi connectivity index (χ4v) is 1.40. The summed E-state index contributed by atoms with van der Waals surface area (Å²) in [4.78, 5) is 22.6. The van der Waals surface area contributed by atoms with Gasteiger partial charge in [0.05, 0.1) is 0 Å². The Hall–Kier alpha value is -0.910. The lowest BCUT2D eigenvalue weighted by molar-refractivity contribution is -0.141. The van der Waals surface area contributed by atoms with Crippen LogP contribution >= 0.6 is 11.8 Å². The molecule has 0 rings (SSSR count). The number of nitrogens with one attached hydrogen (secondary N) is 2. The lowest BCUT2D eigenvalue weighted by Gasteiger charge is -2.27. The fraction of sp³-hybridized carbons (Fsp3) is 0.818. The van der Waals surface area contributed by atoms with Gasteiger partial charge in [-0.15, -0.1) is 0 Å². The average Bonchev–Trinajstić information content (AvgIpc) is 2.20. The Kier molecular flexibility index (Phi) is 6.37. The molecule has 6 heteroatoms. The van der Waals surface area contributed by atoms with Gasteiger partial charge in [0.15, 0.2) is 0 Å². The van der Waals surface area contributed by atoms with Gasteiger partial charge in [-0.3, -0.25) is 0 Å². The van der Waals surface area contributed by atoms with Crippen molar-refractivity contribution < 1.29 is 14.7 Å². The van der Waals surface area contributed by atoms with Gasteiger partial charge in [0.25, 0.3) is 0 Å². The largest absolute Gasteiger partial charge is 0.480 e. The maximum absolute atomic E-state index is 11.5. The van der Waals surface area contributed by atoms with Gasteiger partial charge < -0.3 is 15.7 Å². The van der Waals surface area contributed by atoms with Crippen molar-refractivity contribution in [3.05, 3.63) is 0 Å². The molecule has 100 valence electrons. The number of rotatable bonds is 5. The van der Waals surface area contributed by atoms with Gasteiger partial charge in [0.2, 0.25) is 0 Å². The molecule has 0 spiro atoms. The van der Waals surface area contributed by atoms with Gasteiger partial charge in [-0.2, -0.15) is 11.8 Å². The first-order valence-corrected chi connectivity index (χ1v) is 6.77. The van der Waals surface area contributed by atoms with E-state index in [9.17, 15) is 9.59 Å². The van der Waals surface area contributed by atoms with E-state index in [1.807, 2.05) is 13.2 Å². The number of carboxylic acid groups (broad SMARTS) is 1. The van der Waals surface area contributed by atoms with Crippen LogP contribution in [0.1, 0.15) is 27.7 Å². The molecule has 3 N–H and O–H groups in total. The second kappa shape index (κ2) is 6.74. The summed E-state index contributed by atoms with van der Waals surface area (Å²) < 4.78 is 0. The second-order valence-electron chi connectivity index (χ2n) is 5.04. The van der Waals surface area contributed by atoms with Crippen LogP contribution in [0.2, 0.25) is 0 Å². The minimum absolute atomic E-state index is 0.304. The lowest BCUT2D eigenvalue weighted by atomic mass is 9.87. The first-order valence-electron chi connectivity index (χ1n) is 5.48. The highest BCUT2D eigenvalue weighted by Gasteiger charge is 2.32. The summed E-state index contributed by atoms with van der Waals surface area (Å²) >= 11 is 1.64. The number of aliphatic carboxylic acids is 1. The Morgan fingerprint density at radius 2 is 1.88 bits per heavy atom. The molecule has 0 aromatic carbocycles. The zero-order valence-electron chi connectivity index (χ0n) is 11.0. The highest BCUT2D eigenvalue weighted by Crippen LogP contribution is 2.19. The monoisotopic (exact) mass is 262 g/mol. The Balaban J connectivity index is 4.29. The lowest BCUT2D eigenvalue weighted by Crippen LogP contribution is -2.52. The second-order valence-corrected chi connectivity index (χ2v) is 6.31. The first-order chi connectivity index (χ1) is 7.68. The fourth-order valence-electron chi connectivity index (χ4n) is 1.15. The van der Waals surface area contributed by atoms with Crippen LogP contribution in [0.4, 0.5) is 4.79 Å². The van der Waals surface area contributed by atoms with Crippen molar-refractivity contribution >= 4 is 23.8 Å². The molecule has 0 heterocycles. The van der Waals surface area contributed by atoms with E-state index in [2.05, 4.69) is 10.6 Å². The van der Waals surface area contributed by atoms with Crippen LogP contribution in [0.25, 0.3) is 0 Å². The third-order valence-electron chi connectivity index (χ3n) is 2.34. The average molecular weight is 262 g/mol. The molecule has 0 aromatic rings. The summed E-state index contributed by atoms with van der Waals surface area (Å²) in [5.74, 6) is -1.02. The predicted octanol–water partition coefficient (Wildman–Crippen LogP) is 1.54. The first kappa shape index (κ1) is 16.1. The van der Waals surface area contributed by atoms with E-state index < -0.39 is 23.5 Å². The van der Waals surface area contributed by atoms with Crippen LogP contribution in [-0.2, 0) is 4.79 Å². The number of thioether (sulfide) groups is 1. The van der Waals surface area contributed by atoms with Crippen molar-refractivity contribution in [2.45, 2.75) is 39.0 Å². The van der Waals surface area contributed by atoms with Crippen molar-refractivity contribution in [2.75, 3.05) is 12.8 Å². The van der Waals surface area contributed by atoms with Crippen molar-refractivity contribution in [3.63, 3.8) is 0 Å². The number of hydrogen-bond acceptors (Lipinski definition) is 3. The predicted molar refractivity (Wildman–Crippen MR) is 70.4 cm³/mol. The summed E-state index contributed by atoms with van der Waals surface area (Å²) in [7, 11) is 0. The summed E-state index contributed by atoms with van der Waals surface area (Å²) in [6, 6.07) is -1.33. The molecule has 0 aliphatic carbocycles. The van der Waals surface area contributed by atoms with Crippen molar-refractivity contribution in [2.24, 2.45) is 5.41 Å². The highest BCUT2D eigenvalue weighted by molar-refractivity contribution is 7.99. The van der Waals surface area contributed by atoms with E-state index in [1.54, 1.807) is 32.5 Å². The van der Waals surface area contributed by atoms with Gasteiger partial charge in [-0.1, -0.05) is 27.7 Å². The molecule has 2 unspecified atom stereocenters. The SMILES string of the molecule is CSC(C)CNC(=O)NC(C(=O)O)C(C)(C)C. The maximum Gasteiger partial charge on any atom is 0.326 e. The quantitative estimate of drug-likeness (QED) is 0.702. The summed E-state index contributed by atoms with van der Waals surface area (Å²) in [6.45, 7) is 7.83. The minimum Gasteiger partial charge on any atom is -0.480 e. The molecule has 17 heavy (non-hydrogen) atoms. The Labute approximate surface area is 107 Å². The Morgan fingerprint density at radius 1 is 1.35 bits per heavy atom. The van der Waals surface area contributed by atoms with Crippen LogP contribution in [0.3, 0.4) is 0 Å². The number of hydrogen-bond donors (Lipinski definition) is 3. The van der Waals surface area contributed by atoms with Crippen LogP contribution < -0.4 is 10.6 Å². The molecule has 2 atom stereocenters. The normalized spacial score (nSPS) is 14.9. The maximum atomic E-state index is 11.5. The number of carbonyl (C=O) groups is 2. The smallest absolute Gasteiger partial charge is 0.326 e. The van der Waals surface area contributed by atoms with Gasteiger partial charge in [-0.05, 0) is 11.7 Å². The molecule has 0 aromatic heterocycles. The van der Waals surface area contributed by atoms with Crippen molar-refractivity contribution in [1.29, 1.82) is 0 Å². The number of amides is 2. The highest BCUT2D eigenvalue weighted by atomic mass is 32.2. The van der Waals surface area contributed by atoms with E-state index >= 15 is 0 Å². The van der Waals surface area contributed by atoms with Gasteiger partial charge in [0, 0.05) is 11.8 Å². The third kappa shape index (κ3) is 6.41. The van der Waals surface area contributed by atoms with E-state index in [0.29, 0.717) is 11.8 Å². The molecule has 0 bridgehead atoms. The van der Waals surface area contributed by atoms with E-state index in [-0.39, 0.29) is 0 Å². The van der Waals surface area contributed by atoms with Crippen molar-refractivity contribution in [3.8, 4) is 0 Å². The number of carbonyl (C=O) groups excluding carboxylic acids is 1.